The summed E-state index contributed by atoms with van der Waals surface area (Å²) in [6.07, 6.45) is 4.98. The molecule has 2 fully saturated rings. The number of aromatic carboxylic acids is 1. The van der Waals surface area contributed by atoms with Crippen LogP contribution in [0.3, 0.4) is 0 Å². The van der Waals surface area contributed by atoms with Gasteiger partial charge in [0.1, 0.15) is 0 Å². The van der Waals surface area contributed by atoms with E-state index in [1.165, 1.54) is 17.0 Å². The van der Waals surface area contributed by atoms with Gasteiger partial charge in [0.05, 0.1) is 23.1 Å². The zero-order valence-corrected chi connectivity index (χ0v) is 16.7. The van der Waals surface area contributed by atoms with Crippen LogP contribution in [0.25, 0.3) is 0 Å². The second kappa shape index (κ2) is 6.91. The highest BCUT2D eigenvalue weighted by Crippen LogP contribution is 2.53. The summed E-state index contributed by atoms with van der Waals surface area (Å²) in [7, 11) is 0. The third-order valence-electron chi connectivity index (χ3n) is 6.59. The molecular weight excluding hydrogens is 396 g/mol. The molecule has 7 nitrogen and oxygen atoms in total. The minimum atomic E-state index is -1.08. The molecule has 7 heteroatoms. The average molecular weight is 416 g/mol. The van der Waals surface area contributed by atoms with Gasteiger partial charge in [-0.2, -0.15) is 0 Å². The molecule has 2 N–H and O–H groups in total. The lowest BCUT2D eigenvalue weighted by Gasteiger charge is -2.17. The fourth-order valence-corrected chi connectivity index (χ4v) is 5.00. The molecule has 2 aliphatic carbocycles. The van der Waals surface area contributed by atoms with Crippen molar-refractivity contribution in [3.8, 4) is 0 Å². The number of rotatable bonds is 4. The number of aryl methyl sites for hydroxylation is 1. The van der Waals surface area contributed by atoms with Crippen LogP contribution in [0.4, 0.5) is 11.4 Å². The van der Waals surface area contributed by atoms with E-state index in [1.54, 1.807) is 37.3 Å². The summed E-state index contributed by atoms with van der Waals surface area (Å²) in [5, 5.41) is 11.9. The van der Waals surface area contributed by atoms with Crippen LogP contribution in [-0.4, -0.2) is 28.8 Å². The smallest absolute Gasteiger partial charge is 0.335 e. The topological polar surface area (TPSA) is 104 Å². The average Bonchev–Trinajstić information content (AvgIpc) is 3.43. The van der Waals surface area contributed by atoms with E-state index in [9.17, 15) is 19.2 Å². The van der Waals surface area contributed by atoms with E-state index < -0.39 is 11.9 Å². The number of benzene rings is 2. The Hall–Kier alpha value is -3.74. The van der Waals surface area contributed by atoms with E-state index >= 15 is 0 Å². The molecule has 156 valence electrons. The maximum Gasteiger partial charge on any atom is 0.335 e. The summed E-state index contributed by atoms with van der Waals surface area (Å²) < 4.78 is 0. The van der Waals surface area contributed by atoms with Gasteiger partial charge in [0.15, 0.2) is 0 Å². The van der Waals surface area contributed by atoms with Gasteiger partial charge >= 0.3 is 5.97 Å². The van der Waals surface area contributed by atoms with Crippen molar-refractivity contribution < 1.29 is 24.3 Å². The van der Waals surface area contributed by atoms with Gasteiger partial charge in [0.2, 0.25) is 11.8 Å². The summed E-state index contributed by atoms with van der Waals surface area (Å²) in [6.45, 7) is 1.77. The first-order valence-corrected chi connectivity index (χ1v) is 10.2. The highest BCUT2D eigenvalue weighted by molar-refractivity contribution is 6.23. The van der Waals surface area contributed by atoms with Crippen molar-refractivity contribution >= 4 is 35.1 Å². The van der Waals surface area contributed by atoms with E-state index in [0.29, 0.717) is 16.9 Å². The van der Waals surface area contributed by atoms with Crippen molar-refractivity contribution in [1.29, 1.82) is 0 Å². The second-order valence-electron chi connectivity index (χ2n) is 8.35. The first-order chi connectivity index (χ1) is 14.8. The molecule has 3 aliphatic rings. The van der Waals surface area contributed by atoms with E-state index in [2.05, 4.69) is 17.5 Å². The summed E-state index contributed by atoms with van der Waals surface area (Å²) in [5.74, 6) is -2.05. The molecule has 2 bridgehead atoms. The van der Waals surface area contributed by atoms with Gasteiger partial charge < -0.3 is 10.4 Å². The number of nitrogens with zero attached hydrogens (tertiary/aromatic N) is 1. The number of carbonyl (C=O) groups excluding carboxylic acids is 3. The molecule has 31 heavy (non-hydrogen) atoms. The maximum atomic E-state index is 12.9. The number of fused-ring (bicyclic) bond motifs is 5. The Balaban J connectivity index is 1.35. The zero-order valence-electron chi connectivity index (χ0n) is 16.7. The normalized spacial score (nSPS) is 25.8. The lowest BCUT2D eigenvalue weighted by Crippen LogP contribution is -2.32. The fraction of sp³-hybridized carbons (Fsp3) is 0.250. The summed E-state index contributed by atoms with van der Waals surface area (Å²) >= 11 is 0. The monoisotopic (exact) mass is 416 g/mol. The highest BCUT2D eigenvalue weighted by Gasteiger charge is 2.59. The standard InChI is InChI=1S/C24H20N2O5/c1-12-2-3-16(24(30)31)11-18(12)25-21(27)13-6-8-17(9-7-13)26-22(28)19-14-4-5-15(10-14)20(19)23(26)29/h2-9,11,14-15,19-20H,10H2,1H3,(H,25,27)(H,30,31)/t14-,15-,19-,20+/m0/s1. The Morgan fingerprint density at radius 3 is 2.10 bits per heavy atom. The number of amides is 3. The van der Waals surface area contributed by atoms with Crippen molar-refractivity contribution in [2.24, 2.45) is 23.7 Å². The van der Waals surface area contributed by atoms with Gasteiger partial charge in [-0.3, -0.25) is 19.3 Å². The van der Waals surface area contributed by atoms with Gasteiger partial charge in [0, 0.05) is 11.3 Å². The summed E-state index contributed by atoms with van der Waals surface area (Å²) in [4.78, 5) is 50.9. The van der Waals surface area contributed by atoms with Crippen molar-refractivity contribution in [2.45, 2.75) is 13.3 Å². The van der Waals surface area contributed by atoms with Crippen LogP contribution >= 0.6 is 0 Å². The molecule has 0 unspecified atom stereocenters. The SMILES string of the molecule is Cc1ccc(C(=O)O)cc1NC(=O)c1ccc(N2C(=O)[C@@H]3[C@H](C2=O)[C@H]2C=C[C@H]3C2)cc1. The molecule has 1 saturated carbocycles. The molecule has 1 aliphatic heterocycles. The van der Waals surface area contributed by atoms with Gasteiger partial charge in [0.25, 0.3) is 5.91 Å². The predicted molar refractivity (Wildman–Crippen MR) is 113 cm³/mol. The number of carboxylic acids is 1. The van der Waals surface area contributed by atoms with Crippen LogP contribution in [0.15, 0.2) is 54.6 Å². The van der Waals surface area contributed by atoms with Crippen LogP contribution in [-0.2, 0) is 9.59 Å². The largest absolute Gasteiger partial charge is 0.478 e. The molecule has 2 aromatic rings. The highest BCUT2D eigenvalue weighted by atomic mass is 16.4. The lowest BCUT2D eigenvalue weighted by molar-refractivity contribution is -0.123. The van der Waals surface area contributed by atoms with Crippen LogP contribution in [0, 0.1) is 30.6 Å². The maximum absolute atomic E-state index is 12.9. The first-order valence-electron chi connectivity index (χ1n) is 10.2. The molecule has 3 amide bonds. The third kappa shape index (κ3) is 2.96. The number of hydrogen-bond acceptors (Lipinski definition) is 4. The van der Waals surface area contributed by atoms with Crippen LogP contribution in [0.5, 0.6) is 0 Å². The fourth-order valence-electron chi connectivity index (χ4n) is 5.00. The second-order valence-corrected chi connectivity index (χ2v) is 8.35. The molecule has 5 rings (SSSR count). The van der Waals surface area contributed by atoms with Gasteiger partial charge in [-0.25, -0.2) is 4.79 Å². The molecule has 0 aromatic heterocycles. The van der Waals surface area contributed by atoms with E-state index in [0.717, 1.165) is 12.0 Å². The summed E-state index contributed by atoms with van der Waals surface area (Å²) in [6, 6.07) is 10.8. The van der Waals surface area contributed by atoms with Crippen LogP contribution < -0.4 is 10.2 Å². The van der Waals surface area contributed by atoms with Crippen molar-refractivity contribution in [3.63, 3.8) is 0 Å². The third-order valence-corrected chi connectivity index (χ3v) is 6.59. The van der Waals surface area contributed by atoms with Crippen LogP contribution in [0.1, 0.15) is 32.7 Å². The first kappa shape index (κ1) is 19.2. The van der Waals surface area contributed by atoms with Gasteiger partial charge in [-0.1, -0.05) is 18.2 Å². The number of nitrogens with one attached hydrogen (secondary N) is 1. The number of hydrogen-bond donors (Lipinski definition) is 2. The van der Waals surface area contributed by atoms with Crippen LogP contribution in [0.2, 0.25) is 0 Å². The Morgan fingerprint density at radius 1 is 0.935 bits per heavy atom. The van der Waals surface area contributed by atoms with E-state index in [1.807, 2.05) is 0 Å². The quantitative estimate of drug-likeness (QED) is 0.588. The minimum Gasteiger partial charge on any atom is -0.478 e. The van der Waals surface area contributed by atoms with Crippen molar-refractivity contribution in [3.05, 3.63) is 71.3 Å². The van der Waals surface area contributed by atoms with Crippen molar-refractivity contribution in [2.75, 3.05) is 10.2 Å². The Morgan fingerprint density at radius 2 is 1.52 bits per heavy atom. The molecular formula is C24H20N2O5. The van der Waals surface area contributed by atoms with Gasteiger partial charge in [-0.15, -0.1) is 0 Å². The molecule has 2 aromatic carbocycles. The Bertz CT molecular complexity index is 1140. The molecule has 0 radical (unpaired) electrons. The number of anilines is 2. The Kier molecular flexibility index (Phi) is 4.28. The number of allylic oxidation sites excluding steroid dienone is 2. The molecule has 4 atom stereocenters. The van der Waals surface area contributed by atoms with Crippen molar-refractivity contribution in [1.82, 2.24) is 0 Å². The minimum absolute atomic E-state index is 0.0799. The molecule has 0 spiro atoms. The zero-order chi connectivity index (χ0) is 21.9. The predicted octanol–water partition coefficient (Wildman–Crippen LogP) is 3.26. The Labute approximate surface area is 178 Å². The number of carbonyl (C=O) groups is 4. The molecule has 1 heterocycles. The van der Waals surface area contributed by atoms with E-state index in [4.69, 9.17) is 5.11 Å². The summed E-state index contributed by atoms with van der Waals surface area (Å²) in [5.41, 5.74) is 2.03. The van der Waals surface area contributed by atoms with E-state index in [-0.39, 0.29) is 41.0 Å². The van der Waals surface area contributed by atoms with Gasteiger partial charge in [-0.05, 0) is 67.1 Å². The number of imide groups is 1. The molecule has 1 saturated heterocycles. The number of carboxylic acid groups (broad SMARTS) is 1. The lowest BCUT2D eigenvalue weighted by atomic mass is 9.85.